The van der Waals surface area contributed by atoms with Gasteiger partial charge in [0.1, 0.15) is 0 Å². The summed E-state index contributed by atoms with van der Waals surface area (Å²) in [5, 5.41) is 4.26. The highest BCUT2D eigenvalue weighted by molar-refractivity contribution is 6.33. The smallest absolute Gasteiger partial charge is 0.279 e. The van der Waals surface area contributed by atoms with Crippen LogP contribution in [0.4, 0.5) is 11.4 Å². The number of quaternary nitrogens is 1. The van der Waals surface area contributed by atoms with Crippen LogP contribution in [0.25, 0.3) is 0 Å². The van der Waals surface area contributed by atoms with Gasteiger partial charge in [0.05, 0.1) is 36.9 Å². The van der Waals surface area contributed by atoms with Crippen molar-refractivity contribution in [2.75, 3.05) is 42.9 Å². The molecular formula is C20H24Cl2N3O+. The number of hydrogen-bond acceptors (Lipinski definition) is 2. The second-order valence-electron chi connectivity index (χ2n) is 6.88. The molecule has 2 aromatic rings. The lowest BCUT2D eigenvalue weighted by Gasteiger charge is -2.34. The van der Waals surface area contributed by atoms with Crippen molar-refractivity contribution in [1.29, 1.82) is 0 Å². The minimum Gasteiger partial charge on any atom is -0.360 e. The van der Waals surface area contributed by atoms with E-state index in [-0.39, 0.29) is 5.91 Å². The molecule has 0 spiro atoms. The highest BCUT2D eigenvalue weighted by Gasteiger charge is 2.23. The van der Waals surface area contributed by atoms with Gasteiger partial charge in [0.2, 0.25) is 0 Å². The first kappa shape index (κ1) is 19.0. The van der Waals surface area contributed by atoms with E-state index < -0.39 is 0 Å². The maximum atomic E-state index is 12.3. The van der Waals surface area contributed by atoms with Gasteiger partial charge in [-0.3, -0.25) is 4.79 Å². The van der Waals surface area contributed by atoms with Crippen LogP contribution in [-0.2, 0) is 4.79 Å². The SMILES string of the molecule is Cc1ccc(NC(=O)C[NH+]2CCN(c3cc(Cl)ccc3C)CC2)c(Cl)c1. The summed E-state index contributed by atoms with van der Waals surface area (Å²) < 4.78 is 0. The number of anilines is 2. The van der Waals surface area contributed by atoms with Crippen LogP contribution in [0.2, 0.25) is 10.0 Å². The number of hydrogen-bond donors (Lipinski definition) is 2. The van der Waals surface area contributed by atoms with Gasteiger partial charge in [-0.05, 0) is 49.2 Å². The van der Waals surface area contributed by atoms with E-state index in [1.165, 1.54) is 16.2 Å². The maximum absolute atomic E-state index is 12.3. The topological polar surface area (TPSA) is 36.8 Å². The number of amides is 1. The zero-order valence-corrected chi connectivity index (χ0v) is 16.6. The highest BCUT2D eigenvalue weighted by Crippen LogP contribution is 2.24. The van der Waals surface area contributed by atoms with E-state index in [4.69, 9.17) is 23.2 Å². The van der Waals surface area contributed by atoms with Crippen molar-refractivity contribution < 1.29 is 9.69 Å². The van der Waals surface area contributed by atoms with E-state index in [1.54, 1.807) is 0 Å². The van der Waals surface area contributed by atoms with Crippen molar-refractivity contribution in [3.63, 3.8) is 0 Å². The number of carbonyl (C=O) groups excluding carboxylic acids is 1. The third-order valence-corrected chi connectivity index (χ3v) is 5.34. The summed E-state index contributed by atoms with van der Waals surface area (Å²) >= 11 is 12.3. The van der Waals surface area contributed by atoms with Crippen molar-refractivity contribution in [3.05, 3.63) is 57.6 Å². The molecule has 0 saturated carbocycles. The average molecular weight is 393 g/mol. The third-order valence-electron chi connectivity index (χ3n) is 4.79. The van der Waals surface area contributed by atoms with Crippen molar-refractivity contribution >= 4 is 40.5 Å². The van der Waals surface area contributed by atoms with Crippen molar-refractivity contribution in [2.45, 2.75) is 13.8 Å². The number of benzene rings is 2. The normalized spacial score (nSPS) is 15.2. The van der Waals surface area contributed by atoms with Crippen LogP contribution in [0.1, 0.15) is 11.1 Å². The van der Waals surface area contributed by atoms with Crippen LogP contribution >= 0.6 is 23.2 Å². The van der Waals surface area contributed by atoms with E-state index >= 15 is 0 Å². The Balaban J connectivity index is 1.53. The molecule has 0 radical (unpaired) electrons. The molecule has 1 heterocycles. The predicted molar refractivity (Wildman–Crippen MR) is 109 cm³/mol. The summed E-state index contributed by atoms with van der Waals surface area (Å²) in [5.74, 6) is -0.00172. The number of rotatable bonds is 4. The van der Waals surface area contributed by atoms with Crippen LogP contribution in [0.5, 0.6) is 0 Å². The zero-order valence-electron chi connectivity index (χ0n) is 15.1. The van der Waals surface area contributed by atoms with Gasteiger partial charge in [-0.15, -0.1) is 0 Å². The molecule has 1 fully saturated rings. The number of halogens is 2. The molecule has 0 atom stereocenters. The molecule has 1 aliphatic rings. The average Bonchev–Trinajstić information content (AvgIpc) is 2.60. The van der Waals surface area contributed by atoms with Gasteiger partial charge >= 0.3 is 0 Å². The number of nitrogens with one attached hydrogen (secondary N) is 2. The summed E-state index contributed by atoms with van der Waals surface area (Å²) in [6.45, 7) is 8.19. The summed E-state index contributed by atoms with van der Waals surface area (Å²) in [7, 11) is 0. The second-order valence-corrected chi connectivity index (χ2v) is 7.72. The van der Waals surface area contributed by atoms with Crippen molar-refractivity contribution in [2.24, 2.45) is 0 Å². The second kappa shape index (κ2) is 8.30. The molecule has 0 unspecified atom stereocenters. The van der Waals surface area contributed by atoms with E-state index in [0.29, 0.717) is 17.3 Å². The van der Waals surface area contributed by atoms with Crippen LogP contribution in [-0.4, -0.2) is 38.6 Å². The van der Waals surface area contributed by atoms with Crippen molar-refractivity contribution in [1.82, 2.24) is 0 Å². The Morgan fingerprint density at radius 2 is 1.85 bits per heavy atom. The minimum atomic E-state index is -0.00172. The molecule has 6 heteroatoms. The lowest BCUT2D eigenvalue weighted by Crippen LogP contribution is -3.15. The van der Waals surface area contributed by atoms with Gasteiger partial charge in [-0.2, -0.15) is 0 Å². The highest BCUT2D eigenvalue weighted by atomic mass is 35.5. The first-order chi connectivity index (χ1) is 12.4. The molecule has 2 aromatic carbocycles. The number of aryl methyl sites for hydroxylation is 2. The Kier molecular flexibility index (Phi) is 6.07. The summed E-state index contributed by atoms with van der Waals surface area (Å²) in [6, 6.07) is 11.6. The van der Waals surface area contributed by atoms with E-state index in [1.807, 2.05) is 37.3 Å². The third kappa shape index (κ3) is 4.70. The molecule has 1 amide bonds. The van der Waals surface area contributed by atoms with Gasteiger partial charge in [0.15, 0.2) is 6.54 Å². The zero-order chi connectivity index (χ0) is 18.7. The Morgan fingerprint density at radius 3 is 2.54 bits per heavy atom. The number of piperazine rings is 1. The monoisotopic (exact) mass is 392 g/mol. The molecule has 26 heavy (non-hydrogen) atoms. The Morgan fingerprint density at radius 1 is 1.12 bits per heavy atom. The molecule has 0 aromatic heterocycles. The van der Waals surface area contributed by atoms with Gasteiger partial charge in [-0.1, -0.05) is 35.3 Å². The maximum Gasteiger partial charge on any atom is 0.279 e. The fraction of sp³-hybridized carbons (Fsp3) is 0.350. The van der Waals surface area contributed by atoms with Crippen LogP contribution in [0, 0.1) is 13.8 Å². The van der Waals surface area contributed by atoms with Gasteiger partial charge in [0, 0.05) is 10.7 Å². The lowest BCUT2D eigenvalue weighted by molar-refractivity contribution is -0.892. The molecule has 138 valence electrons. The molecule has 3 rings (SSSR count). The van der Waals surface area contributed by atoms with Gasteiger partial charge in [0.25, 0.3) is 5.91 Å². The van der Waals surface area contributed by atoms with Crippen molar-refractivity contribution in [3.8, 4) is 0 Å². The van der Waals surface area contributed by atoms with Gasteiger partial charge < -0.3 is 15.1 Å². The van der Waals surface area contributed by atoms with Crippen LogP contribution in [0.3, 0.4) is 0 Å². The molecule has 2 N–H and O–H groups in total. The molecular weight excluding hydrogens is 369 g/mol. The number of nitrogens with zero attached hydrogens (tertiary/aromatic N) is 1. The van der Waals surface area contributed by atoms with E-state index in [9.17, 15) is 4.79 Å². The lowest BCUT2D eigenvalue weighted by atomic mass is 10.1. The fourth-order valence-corrected chi connectivity index (χ4v) is 3.76. The first-order valence-electron chi connectivity index (χ1n) is 8.83. The fourth-order valence-electron chi connectivity index (χ4n) is 3.31. The largest absolute Gasteiger partial charge is 0.360 e. The quantitative estimate of drug-likeness (QED) is 0.838. The minimum absolute atomic E-state index is 0.00172. The summed E-state index contributed by atoms with van der Waals surface area (Å²) in [6.07, 6.45) is 0. The van der Waals surface area contributed by atoms with Crippen LogP contribution in [0.15, 0.2) is 36.4 Å². The van der Waals surface area contributed by atoms with Gasteiger partial charge in [-0.25, -0.2) is 0 Å². The molecule has 1 saturated heterocycles. The summed E-state index contributed by atoms with van der Waals surface area (Å²) in [5.41, 5.74) is 4.16. The molecule has 4 nitrogen and oxygen atoms in total. The Bertz CT molecular complexity index is 802. The molecule has 1 aliphatic heterocycles. The standard InChI is InChI=1S/C20H23Cl2N3O/c1-14-3-6-18(17(22)11-14)23-20(26)13-24-7-9-25(10-8-24)19-12-16(21)5-4-15(19)2/h3-6,11-12H,7-10,13H2,1-2H3,(H,23,26)/p+1. The predicted octanol–water partition coefficient (Wildman–Crippen LogP) is 2.95. The molecule has 0 bridgehead atoms. The van der Waals surface area contributed by atoms with Crippen LogP contribution < -0.4 is 15.1 Å². The molecule has 0 aliphatic carbocycles. The summed E-state index contributed by atoms with van der Waals surface area (Å²) in [4.78, 5) is 16.0. The first-order valence-corrected chi connectivity index (χ1v) is 9.58. The number of carbonyl (C=O) groups is 1. The van der Waals surface area contributed by atoms with E-state index in [0.717, 1.165) is 36.8 Å². The van der Waals surface area contributed by atoms with E-state index in [2.05, 4.69) is 23.2 Å². The Hall–Kier alpha value is -1.75. The Labute approximate surface area is 164 Å².